The quantitative estimate of drug-likeness (QED) is 0.335. The van der Waals surface area contributed by atoms with Crippen molar-refractivity contribution in [1.82, 2.24) is 10.6 Å². The van der Waals surface area contributed by atoms with E-state index in [4.69, 9.17) is 16.3 Å². The highest BCUT2D eigenvalue weighted by Crippen LogP contribution is 2.34. The molecule has 0 atom stereocenters. The van der Waals surface area contributed by atoms with Gasteiger partial charge in [-0.05, 0) is 37.1 Å². The van der Waals surface area contributed by atoms with Crippen molar-refractivity contribution in [2.45, 2.75) is 38.0 Å². The third-order valence-electron chi connectivity index (χ3n) is 4.14. The van der Waals surface area contributed by atoms with E-state index in [0.29, 0.717) is 6.54 Å². The second-order valence-electron chi connectivity index (χ2n) is 5.87. The molecule has 1 aromatic carbocycles. The topological polar surface area (TPSA) is 45.7 Å². The third-order valence-corrected chi connectivity index (χ3v) is 5.96. The molecular weight excluding hydrogens is 469 g/mol. The fourth-order valence-electron chi connectivity index (χ4n) is 2.80. The molecule has 1 heterocycles. The van der Waals surface area contributed by atoms with Gasteiger partial charge in [0.05, 0.1) is 6.54 Å². The van der Waals surface area contributed by atoms with Gasteiger partial charge >= 0.3 is 0 Å². The van der Waals surface area contributed by atoms with Crippen LogP contribution in [0.15, 0.2) is 29.3 Å². The summed E-state index contributed by atoms with van der Waals surface area (Å²) in [6.07, 6.45) is 2.17. The van der Waals surface area contributed by atoms with Gasteiger partial charge in [0.15, 0.2) is 5.96 Å². The van der Waals surface area contributed by atoms with E-state index in [9.17, 15) is 0 Å². The van der Waals surface area contributed by atoms with Crippen LogP contribution < -0.4 is 10.6 Å². The molecule has 1 saturated heterocycles. The molecule has 0 saturated carbocycles. The number of rotatable bonds is 7. The smallest absolute Gasteiger partial charge is 0.191 e. The van der Waals surface area contributed by atoms with Crippen molar-refractivity contribution in [3.8, 4) is 0 Å². The van der Waals surface area contributed by atoms with E-state index in [1.807, 2.05) is 36.0 Å². The standard InChI is InChI=1S/C18H28ClN3OS.HI/c1-3-20-17(21-13-15-7-5-6-8-16(15)19)22-14-18(24-4-2)9-11-23-12-10-18;/h5-8H,3-4,9-14H2,1-2H3,(H2,20,21,22);1H. The molecule has 1 aromatic rings. The van der Waals surface area contributed by atoms with Crippen LogP contribution in [-0.4, -0.2) is 42.8 Å². The van der Waals surface area contributed by atoms with Crippen molar-refractivity contribution in [1.29, 1.82) is 0 Å². The number of ether oxygens (including phenoxy) is 1. The third kappa shape index (κ3) is 7.53. The molecular formula is C18H29ClIN3OS. The predicted octanol–water partition coefficient (Wildman–Crippen LogP) is 4.32. The summed E-state index contributed by atoms with van der Waals surface area (Å²) in [4.78, 5) is 4.69. The van der Waals surface area contributed by atoms with Crippen LogP contribution in [0, 0.1) is 0 Å². The SMILES string of the molecule is CCNC(=NCc1ccccc1Cl)NCC1(SCC)CCOCC1.I. The first-order chi connectivity index (χ1) is 11.7. The van der Waals surface area contributed by atoms with Crippen LogP contribution >= 0.6 is 47.3 Å². The van der Waals surface area contributed by atoms with Crippen molar-refractivity contribution in [3.63, 3.8) is 0 Å². The Balaban J connectivity index is 0.00000312. The number of hydrogen-bond acceptors (Lipinski definition) is 3. The van der Waals surface area contributed by atoms with E-state index in [1.54, 1.807) is 0 Å². The van der Waals surface area contributed by atoms with E-state index < -0.39 is 0 Å². The van der Waals surface area contributed by atoms with Gasteiger partial charge in [0, 0.05) is 36.1 Å². The number of nitrogens with zero attached hydrogens (tertiary/aromatic N) is 1. The van der Waals surface area contributed by atoms with Gasteiger partial charge in [-0.15, -0.1) is 24.0 Å². The first-order valence-corrected chi connectivity index (χ1v) is 10.0. The minimum atomic E-state index is 0. The summed E-state index contributed by atoms with van der Waals surface area (Å²) in [7, 11) is 0. The molecule has 2 N–H and O–H groups in total. The Labute approximate surface area is 177 Å². The molecule has 0 amide bonds. The van der Waals surface area contributed by atoms with Crippen molar-refractivity contribution >= 4 is 53.3 Å². The Morgan fingerprint density at radius 1 is 1.24 bits per heavy atom. The number of hydrogen-bond donors (Lipinski definition) is 2. The van der Waals surface area contributed by atoms with E-state index in [2.05, 4.69) is 29.5 Å². The second-order valence-corrected chi connectivity index (χ2v) is 8.01. The fourth-order valence-corrected chi connectivity index (χ4v) is 4.24. The van der Waals surface area contributed by atoms with E-state index >= 15 is 0 Å². The van der Waals surface area contributed by atoms with Crippen LogP contribution in [0.2, 0.25) is 5.02 Å². The highest BCUT2D eigenvalue weighted by atomic mass is 127. The Morgan fingerprint density at radius 2 is 1.96 bits per heavy atom. The lowest BCUT2D eigenvalue weighted by Crippen LogP contribution is -2.48. The minimum Gasteiger partial charge on any atom is -0.381 e. The van der Waals surface area contributed by atoms with Crippen LogP contribution in [0.1, 0.15) is 32.3 Å². The summed E-state index contributed by atoms with van der Waals surface area (Å²) in [6, 6.07) is 7.85. The molecule has 2 rings (SSSR count). The van der Waals surface area contributed by atoms with Gasteiger partial charge in [0.1, 0.15) is 0 Å². The molecule has 1 aliphatic heterocycles. The lowest BCUT2D eigenvalue weighted by molar-refractivity contribution is 0.0782. The molecule has 0 unspecified atom stereocenters. The summed E-state index contributed by atoms with van der Waals surface area (Å²) in [5, 5.41) is 7.62. The zero-order valence-corrected chi connectivity index (χ0v) is 18.9. The Bertz CT molecular complexity index is 533. The normalized spacial score (nSPS) is 16.8. The number of halogens is 2. The average Bonchev–Trinajstić information content (AvgIpc) is 2.60. The number of aliphatic imine (C=N–C) groups is 1. The van der Waals surface area contributed by atoms with Crippen molar-refractivity contribution in [3.05, 3.63) is 34.9 Å². The summed E-state index contributed by atoms with van der Waals surface area (Å²) < 4.78 is 5.79. The lowest BCUT2D eigenvalue weighted by Gasteiger charge is -2.37. The maximum atomic E-state index is 6.22. The maximum absolute atomic E-state index is 6.22. The molecule has 0 radical (unpaired) electrons. The van der Waals surface area contributed by atoms with Crippen molar-refractivity contribution in [2.24, 2.45) is 4.99 Å². The number of guanidine groups is 1. The number of thioether (sulfide) groups is 1. The highest BCUT2D eigenvalue weighted by molar-refractivity contribution is 14.0. The number of benzene rings is 1. The zero-order chi connectivity index (χ0) is 17.3. The van der Waals surface area contributed by atoms with E-state index in [1.165, 1.54) is 0 Å². The fraction of sp³-hybridized carbons (Fsp3) is 0.611. The maximum Gasteiger partial charge on any atom is 0.191 e. The molecule has 1 aliphatic rings. The molecule has 0 aromatic heterocycles. The molecule has 0 bridgehead atoms. The van der Waals surface area contributed by atoms with Gasteiger partial charge in [-0.3, -0.25) is 0 Å². The van der Waals surface area contributed by atoms with Crippen LogP contribution in [0.3, 0.4) is 0 Å². The van der Waals surface area contributed by atoms with Gasteiger partial charge in [-0.2, -0.15) is 11.8 Å². The van der Waals surface area contributed by atoms with Gasteiger partial charge in [-0.25, -0.2) is 4.99 Å². The van der Waals surface area contributed by atoms with Gasteiger partial charge in [-0.1, -0.05) is 36.7 Å². The monoisotopic (exact) mass is 497 g/mol. The molecule has 7 heteroatoms. The largest absolute Gasteiger partial charge is 0.381 e. The van der Waals surface area contributed by atoms with E-state index in [-0.39, 0.29) is 28.7 Å². The first-order valence-electron chi connectivity index (χ1n) is 8.66. The van der Waals surface area contributed by atoms with Crippen molar-refractivity contribution in [2.75, 3.05) is 32.1 Å². The summed E-state index contributed by atoms with van der Waals surface area (Å²) in [6.45, 7) is 8.32. The molecule has 1 fully saturated rings. The van der Waals surface area contributed by atoms with E-state index in [0.717, 1.165) is 61.4 Å². The van der Waals surface area contributed by atoms with Crippen LogP contribution in [0.25, 0.3) is 0 Å². The predicted molar refractivity (Wildman–Crippen MR) is 121 cm³/mol. The zero-order valence-electron chi connectivity index (χ0n) is 15.0. The Kier molecular flexibility index (Phi) is 11.2. The molecule has 4 nitrogen and oxygen atoms in total. The summed E-state index contributed by atoms with van der Waals surface area (Å²) >= 11 is 8.25. The Morgan fingerprint density at radius 3 is 2.60 bits per heavy atom. The van der Waals surface area contributed by atoms with Gasteiger partial charge in [0.2, 0.25) is 0 Å². The van der Waals surface area contributed by atoms with Crippen LogP contribution in [0.5, 0.6) is 0 Å². The van der Waals surface area contributed by atoms with Crippen LogP contribution in [-0.2, 0) is 11.3 Å². The molecule has 0 spiro atoms. The first kappa shape index (κ1) is 22.9. The summed E-state index contributed by atoms with van der Waals surface area (Å²) in [5.41, 5.74) is 1.04. The van der Waals surface area contributed by atoms with Gasteiger partial charge < -0.3 is 15.4 Å². The Hall–Kier alpha value is -0.180. The molecule has 0 aliphatic carbocycles. The van der Waals surface area contributed by atoms with Crippen molar-refractivity contribution < 1.29 is 4.74 Å². The second kappa shape index (κ2) is 12.3. The highest BCUT2D eigenvalue weighted by Gasteiger charge is 2.32. The minimum absolute atomic E-state index is 0. The molecule has 25 heavy (non-hydrogen) atoms. The van der Waals surface area contributed by atoms with Crippen LogP contribution in [0.4, 0.5) is 0 Å². The molecule has 142 valence electrons. The average molecular weight is 498 g/mol. The lowest BCUT2D eigenvalue weighted by atomic mass is 9.99. The number of nitrogens with one attached hydrogen (secondary N) is 2. The summed E-state index contributed by atoms with van der Waals surface area (Å²) in [5.74, 6) is 1.97. The van der Waals surface area contributed by atoms with Gasteiger partial charge in [0.25, 0.3) is 0 Å².